The number of hydrogen-bond donors (Lipinski definition) is 0. The lowest BCUT2D eigenvalue weighted by atomic mass is 9.95. The molecule has 0 radical (unpaired) electrons. The molecule has 0 N–H and O–H groups in total. The van der Waals surface area contributed by atoms with Crippen LogP contribution in [0.15, 0.2) is 0 Å². The Balaban J connectivity index is 1.74. The van der Waals surface area contributed by atoms with Gasteiger partial charge in [0.05, 0.1) is 17.8 Å². The fraction of sp³-hybridized carbons (Fsp3) is 0.692. The van der Waals surface area contributed by atoms with Gasteiger partial charge in [-0.25, -0.2) is 0 Å². The van der Waals surface area contributed by atoms with Gasteiger partial charge < -0.3 is 4.74 Å². The molecule has 2 aliphatic heterocycles. The topological polar surface area (TPSA) is 38.3 Å². The Labute approximate surface area is 112 Å². The lowest BCUT2D eigenvalue weighted by molar-refractivity contribution is 0.175. The molecule has 18 heavy (non-hydrogen) atoms. The van der Waals surface area contributed by atoms with E-state index < -0.39 is 0 Å². The maximum atomic E-state index is 5.61. The Morgan fingerprint density at radius 2 is 2.33 bits per heavy atom. The van der Waals surface area contributed by atoms with Crippen LogP contribution in [0, 0.1) is 17.8 Å². The highest BCUT2D eigenvalue weighted by Gasteiger charge is 2.37. The van der Waals surface area contributed by atoms with Gasteiger partial charge in [-0.2, -0.15) is 4.37 Å². The molecule has 1 aromatic heterocycles. The highest BCUT2D eigenvalue weighted by Crippen LogP contribution is 2.41. The second kappa shape index (κ2) is 5.25. The molecule has 3 rings (SSSR count). The summed E-state index contributed by atoms with van der Waals surface area (Å²) in [5, 5.41) is 0. The van der Waals surface area contributed by atoms with Crippen molar-refractivity contribution in [2.45, 2.75) is 32.2 Å². The van der Waals surface area contributed by atoms with E-state index in [1.807, 2.05) is 6.92 Å². The molecule has 0 saturated carbocycles. The Morgan fingerprint density at radius 1 is 1.39 bits per heavy atom. The second-order valence-electron chi connectivity index (χ2n) is 4.91. The zero-order chi connectivity index (χ0) is 12.4. The molecule has 0 aromatic carbocycles. The summed E-state index contributed by atoms with van der Waals surface area (Å²) in [6.45, 7) is 4.64. The fourth-order valence-corrected chi connectivity index (χ4v) is 3.48. The first kappa shape index (κ1) is 11.9. The van der Waals surface area contributed by atoms with E-state index in [0.29, 0.717) is 18.5 Å². The van der Waals surface area contributed by atoms with E-state index in [9.17, 15) is 0 Å². The van der Waals surface area contributed by atoms with Crippen molar-refractivity contribution in [2.75, 3.05) is 19.7 Å². The third kappa shape index (κ3) is 2.23. The molecule has 3 atom stereocenters. The molecule has 4 nitrogen and oxygen atoms in total. The number of aromatic nitrogens is 2. The Kier molecular flexibility index (Phi) is 3.48. The van der Waals surface area contributed by atoms with Crippen LogP contribution >= 0.6 is 11.7 Å². The van der Waals surface area contributed by atoms with Crippen molar-refractivity contribution in [3.63, 3.8) is 0 Å². The van der Waals surface area contributed by atoms with Gasteiger partial charge >= 0.3 is 0 Å². The minimum atomic E-state index is 0.407. The number of ether oxygens (including phenoxy) is 1. The first-order valence-corrected chi connectivity index (χ1v) is 7.20. The summed E-state index contributed by atoms with van der Waals surface area (Å²) >= 11 is 1.24. The summed E-state index contributed by atoms with van der Waals surface area (Å²) in [7, 11) is 0. The van der Waals surface area contributed by atoms with Gasteiger partial charge in [0, 0.05) is 6.54 Å². The van der Waals surface area contributed by atoms with Crippen LogP contribution in [0.5, 0.6) is 5.88 Å². The first-order valence-electron chi connectivity index (χ1n) is 6.47. The zero-order valence-electron chi connectivity index (χ0n) is 10.6. The number of fused-ring (bicyclic) bond motifs is 2. The van der Waals surface area contributed by atoms with Gasteiger partial charge in [-0.1, -0.05) is 5.92 Å². The zero-order valence-corrected chi connectivity index (χ0v) is 11.4. The standard InChI is InChI=1S/C13H17N3OS/c1-2-3-8-17-13-12(14-18-15-13)11-5-4-10-6-7-16(11)9-10/h10-11H,4-9H2,1H3. The molecule has 5 heteroatoms. The number of nitrogens with zero attached hydrogens (tertiary/aromatic N) is 3. The smallest absolute Gasteiger partial charge is 0.251 e. The van der Waals surface area contributed by atoms with Gasteiger partial charge in [0.25, 0.3) is 5.88 Å². The summed E-state index contributed by atoms with van der Waals surface area (Å²) < 4.78 is 14.3. The first-order chi connectivity index (χ1) is 8.88. The van der Waals surface area contributed by atoms with Crippen LogP contribution in [0.1, 0.15) is 37.9 Å². The molecule has 1 aromatic rings. The van der Waals surface area contributed by atoms with Gasteiger partial charge in [0.15, 0.2) is 6.61 Å². The van der Waals surface area contributed by atoms with Crippen molar-refractivity contribution in [3.05, 3.63) is 5.69 Å². The third-order valence-electron chi connectivity index (χ3n) is 3.86. The molecule has 0 spiro atoms. The van der Waals surface area contributed by atoms with Crippen LogP contribution in [0.2, 0.25) is 0 Å². The van der Waals surface area contributed by atoms with Crippen LogP contribution in [0.4, 0.5) is 0 Å². The van der Waals surface area contributed by atoms with Crippen LogP contribution in [-0.2, 0) is 0 Å². The third-order valence-corrected chi connectivity index (χ3v) is 4.39. The van der Waals surface area contributed by atoms with Crippen molar-refractivity contribution in [1.29, 1.82) is 0 Å². The average Bonchev–Trinajstić information content (AvgIpc) is 2.99. The van der Waals surface area contributed by atoms with Gasteiger partial charge in [-0.15, -0.1) is 10.3 Å². The molecular formula is C13H17N3OS. The van der Waals surface area contributed by atoms with Crippen LogP contribution < -0.4 is 4.74 Å². The van der Waals surface area contributed by atoms with Crippen LogP contribution in [0.25, 0.3) is 0 Å². The quantitative estimate of drug-likeness (QED) is 0.783. The summed E-state index contributed by atoms with van der Waals surface area (Å²) in [6.07, 6.45) is 3.84. The van der Waals surface area contributed by atoms with Crippen molar-refractivity contribution >= 4 is 11.7 Å². The lowest BCUT2D eigenvalue weighted by Crippen LogP contribution is -2.31. The fourth-order valence-electron chi connectivity index (χ4n) is 2.93. The molecule has 96 valence electrons. The van der Waals surface area contributed by atoms with Crippen LogP contribution in [0.3, 0.4) is 0 Å². The molecule has 0 amide bonds. The molecule has 2 saturated heterocycles. The summed E-state index contributed by atoms with van der Waals surface area (Å²) in [4.78, 5) is 2.53. The predicted molar refractivity (Wildman–Crippen MR) is 70.5 cm³/mol. The normalized spacial score (nSPS) is 29.7. The van der Waals surface area contributed by atoms with Gasteiger partial charge in [-0.05, 0) is 38.6 Å². The average molecular weight is 263 g/mol. The van der Waals surface area contributed by atoms with Crippen LogP contribution in [-0.4, -0.2) is 33.3 Å². The Hall–Kier alpha value is -1.12. The largest absolute Gasteiger partial charge is 0.463 e. The van der Waals surface area contributed by atoms with Crippen molar-refractivity contribution in [3.8, 4) is 17.7 Å². The highest BCUT2D eigenvalue weighted by molar-refractivity contribution is 6.99. The van der Waals surface area contributed by atoms with E-state index in [4.69, 9.17) is 4.74 Å². The summed E-state index contributed by atoms with van der Waals surface area (Å²) in [6, 6.07) is 0.409. The molecular weight excluding hydrogens is 246 g/mol. The van der Waals surface area contributed by atoms with Crippen molar-refractivity contribution in [1.82, 2.24) is 13.6 Å². The maximum Gasteiger partial charge on any atom is 0.251 e. The molecule has 3 heterocycles. The minimum Gasteiger partial charge on any atom is -0.463 e. The molecule has 2 bridgehead atoms. The predicted octanol–water partition coefficient (Wildman–Crippen LogP) is 2.10. The summed E-state index contributed by atoms with van der Waals surface area (Å²) in [5.41, 5.74) is 1.03. The van der Waals surface area contributed by atoms with E-state index in [2.05, 4.69) is 25.5 Å². The molecule has 3 unspecified atom stereocenters. The van der Waals surface area contributed by atoms with E-state index >= 15 is 0 Å². The van der Waals surface area contributed by atoms with E-state index in [1.54, 1.807) is 0 Å². The Bertz CT molecular complexity index is 476. The Morgan fingerprint density at radius 3 is 3.22 bits per heavy atom. The van der Waals surface area contributed by atoms with Crippen molar-refractivity contribution in [2.24, 2.45) is 5.92 Å². The molecule has 2 fully saturated rings. The summed E-state index contributed by atoms with van der Waals surface area (Å²) in [5.74, 6) is 7.33. The second-order valence-corrected chi connectivity index (χ2v) is 5.44. The molecule has 0 aliphatic carbocycles. The number of piperidine rings is 1. The number of hydrogen-bond acceptors (Lipinski definition) is 5. The molecule has 2 aliphatic rings. The monoisotopic (exact) mass is 263 g/mol. The van der Waals surface area contributed by atoms with Gasteiger partial charge in [-0.3, -0.25) is 4.90 Å². The lowest BCUT2D eigenvalue weighted by Gasteiger charge is -2.30. The van der Waals surface area contributed by atoms with E-state index in [0.717, 1.165) is 11.6 Å². The van der Waals surface area contributed by atoms with E-state index in [-0.39, 0.29) is 0 Å². The van der Waals surface area contributed by atoms with Gasteiger partial charge in [0.1, 0.15) is 5.69 Å². The highest BCUT2D eigenvalue weighted by atomic mass is 32.1. The minimum absolute atomic E-state index is 0.407. The number of rotatable bonds is 3. The maximum absolute atomic E-state index is 5.61. The van der Waals surface area contributed by atoms with Crippen molar-refractivity contribution < 1.29 is 4.74 Å². The van der Waals surface area contributed by atoms with Gasteiger partial charge in [0.2, 0.25) is 0 Å². The SMILES string of the molecule is CC#CCOc1nsnc1C1CCC2CCN1C2. The van der Waals surface area contributed by atoms with E-state index in [1.165, 1.54) is 44.1 Å².